The monoisotopic (exact) mass is 375 g/mol. The van der Waals surface area contributed by atoms with Crippen LogP contribution in [-0.2, 0) is 16.1 Å². The third-order valence-corrected chi connectivity index (χ3v) is 3.71. The molecule has 0 radical (unpaired) electrons. The molecule has 0 aliphatic rings. The number of nitrogens with two attached hydrogens (primary N) is 2. The highest BCUT2D eigenvalue weighted by molar-refractivity contribution is 6.07. The van der Waals surface area contributed by atoms with Gasteiger partial charge in [0.15, 0.2) is 12.4 Å². The molecule has 11 nitrogen and oxygen atoms in total. The molecule has 27 heavy (non-hydrogen) atoms. The van der Waals surface area contributed by atoms with Gasteiger partial charge in [-0.3, -0.25) is 0 Å². The van der Waals surface area contributed by atoms with Crippen LogP contribution in [0.3, 0.4) is 0 Å². The fraction of sp³-hybridized carbons (Fsp3) is 0.312. The van der Waals surface area contributed by atoms with Crippen molar-refractivity contribution < 1.29 is 28.0 Å². The average Bonchev–Trinajstić information content (AvgIpc) is 3.12. The second-order valence-electron chi connectivity index (χ2n) is 5.54. The van der Waals surface area contributed by atoms with Crippen molar-refractivity contribution in [2.45, 2.75) is 27.4 Å². The van der Waals surface area contributed by atoms with Crippen LogP contribution in [-0.4, -0.2) is 33.7 Å². The fourth-order valence-corrected chi connectivity index (χ4v) is 2.53. The maximum Gasteiger partial charge on any atom is 0.346 e. The molecular formula is C16H17N5O6. The Labute approximate surface area is 152 Å². The van der Waals surface area contributed by atoms with E-state index in [-0.39, 0.29) is 53.0 Å². The smallest absolute Gasteiger partial charge is 0.346 e. The third-order valence-electron chi connectivity index (χ3n) is 3.71. The minimum atomic E-state index is -0.739. The lowest BCUT2D eigenvalue weighted by molar-refractivity contribution is 0.0461. The lowest BCUT2D eigenvalue weighted by atomic mass is 10.2. The van der Waals surface area contributed by atoms with Crippen molar-refractivity contribution in [3.8, 4) is 0 Å². The van der Waals surface area contributed by atoms with Gasteiger partial charge in [-0.05, 0) is 20.8 Å². The molecule has 11 heteroatoms. The van der Waals surface area contributed by atoms with Gasteiger partial charge >= 0.3 is 11.9 Å². The molecule has 0 atom stereocenters. The van der Waals surface area contributed by atoms with Crippen LogP contribution in [0.25, 0.3) is 11.1 Å². The number of aryl methyl sites for hydroxylation is 2. The molecule has 0 bridgehead atoms. The van der Waals surface area contributed by atoms with Crippen molar-refractivity contribution in [2.24, 2.45) is 0 Å². The van der Waals surface area contributed by atoms with Crippen LogP contribution < -0.4 is 11.5 Å². The molecule has 0 aromatic carbocycles. The Morgan fingerprint density at radius 2 is 1.78 bits per heavy atom. The molecule has 3 aromatic heterocycles. The van der Waals surface area contributed by atoms with Crippen LogP contribution in [0.15, 0.2) is 8.94 Å². The first-order valence-electron chi connectivity index (χ1n) is 7.94. The van der Waals surface area contributed by atoms with E-state index in [2.05, 4.69) is 15.1 Å². The SMILES string of the molecule is CCOC(=O)c1c(C)oc2nc(COC(=O)c3c(C)noc3N)nc(N)c12. The second kappa shape index (κ2) is 6.94. The number of ether oxygens (including phenoxy) is 2. The van der Waals surface area contributed by atoms with Crippen LogP contribution >= 0.6 is 0 Å². The van der Waals surface area contributed by atoms with E-state index in [1.165, 1.54) is 0 Å². The zero-order valence-corrected chi connectivity index (χ0v) is 14.9. The summed E-state index contributed by atoms with van der Waals surface area (Å²) in [5.41, 5.74) is 12.1. The Kier molecular flexibility index (Phi) is 4.67. The Hall–Kier alpha value is -3.63. The zero-order chi connectivity index (χ0) is 19.7. The van der Waals surface area contributed by atoms with Crippen molar-refractivity contribution in [3.63, 3.8) is 0 Å². The summed E-state index contributed by atoms with van der Waals surface area (Å²) in [5.74, 6) is -1.07. The van der Waals surface area contributed by atoms with E-state index in [1.807, 2.05) is 0 Å². The van der Waals surface area contributed by atoms with Crippen molar-refractivity contribution in [1.29, 1.82) is 0 Å². The lowest BCUT2D eigenvalue weighted by Crippen LogP contribution is -2.11. The maximum atomic E-state index is 12.1. The molecule has 0 amide bonds. The number of nitrogen functional groups attached to an aromatic ring is 2. The first kappa shape index (κ1) is 18.2. The number of furan rings is 1. The van der Waals surface area contributed by atoms with Gasteiger partial charge < -0.3 is 29.9 Å². The Morgan fingerprint density at radius 1 is 1.07 bits per heavy atom. The molecule has 4 N–H and O–H groups in total. The van der Waals surface area contributed by atoms with E-state index in [1.54, 1.807) is 20.8 Å². The van der Waals surface area contributed by atoms with Gasteiger partial charge in [0, 0.05) is 0 Å². The Balaban J connectivity index is 1.87. The average molecular weight is 375 g/mol. The minimum absolute atomic E-state index is 0.00613. The van der Waals surface area contributed by atoms with Crippen molar-refractivity contribution >= 4 is 34.7 Å². The quantitative estimate of drug-likeness (QED) is 0.620. The largest absolute Gasteiger partial charge is 0.462 e. The highest BCUT2D eigenvalue weighted by Gasteiger charge is 2.25. The normalized spacial score (nSPS) is 10.9. The predicted octanol–water partition coefficient (Wildman–Crippen LogP) is 1.53. The maximum absolute atomic E-state index is 12.1. The molecule has 0 aliphatic carbocycles. The van der Waals surface area contributed by atoms with Crippen LogP contribution in [0.4, 0.5) is 11.7 Å². The Bertz CT molecular complexity index is 1020. The summed E-state index contributed by atoms with van der Waals surface area (Å²) in [6.45, 7) is 4.73. The number of nitrogens with zero attached hydrogens (tertiary/aromatic N) is 3. The van der Waals surface area contributed by atoms with E-state index in [0.717, 1.165) is 0 Å². The minimum Gasteiger partial charge on any atom is -0.462 e. The molecular weight excluding hydrogens is 358 g/mol. The summed E-state index contributed by atoms with van der Waals surface area (Å²) in [5, 5.41) is 3.83. The molecule has 0 saturated heterocycles. The number of carbonyl (C=O) groups excluding carboxylic acids is 2. The lowest BCUT2D eigenvalue weighted by Gasteiger charge is -2.05. The standard InChI is InChI=1S/C16H17N5O6/c1-4-24-16(23)10-7(3)26-14-11(10)12(17)19-8(20-14)5-25-15(22)9-6(2)21-27-13(9)18/h4-5,18H2,1-3H3,(H2,17,19,20). The number of rotatable bonds is 5. The van der Waals surface area contributed by atoms with Gasteiger partial charge in [-0.2, -0.15) is 4.98 Å². The molecule has 0 spiro atoms. The van der Waals surface area contributed by atoms with Gasteiger partial charge in [0.2, 0.25) is 11.6 Å². The van der Waals surface area contributed by atoms with Crippen LogP contribution in [0.2, 0.25) is 0 Å². The molecule has 0 fully saturated rings. The Morgan fingerprint density at radius 3 is 2.41 bits per heavy atom. The number of aromatic nitrogens is 3. The first-order valence-corrected chi connectivity index (χ1v) is 7.94. The number of hydrogen-bond donors (Lipinski definition) is 2. The molecule has 3 heterocycles. The summed E-state index contributed by atoms with van der Waals surface area (Å²) in [7, 11) is 0. The number of anilines is 2. The summed E-state index contributed by atoms with van der Waals surface area (Å²) in [6.07, 6.45) is 0. The number of carbonyl (C=O) groups is 2. The highest BCUT2D eigenvalue weighted by atomic mass is 16.5. The van der Waals surface area contributed by atoms with Crippen molar-refractivity contribution in [3.05, 3.63) is 28.4 Å². The zero-order valence-electron chi connectivity index (χ0n) is 14.9. The van der Waals surface area contributed by atoms with Gasteiger partial charge in [-0.15, -0.1) is 0 Å². The molecule has 3 aromatic rings. The van der Waals surface area contributed by atoms with Gasteiger partial charge in [0.1, 0.15) is 22.7 Å². The van der Waals surface area contributed by atoms with E-state index < -0.39 is 11.9 Å². The summed E-state index contributed by atoms with van der Waals surface area (Å²) < 4.78 is 20.3. The van der Waals surface area contributed by atoms with E-state index in [4.69, 9.17) is 29.9 Å². The third kappa shape index (κ3) is 3.26. The van der Waals surface area contributed by atoms with Crippen molar-refractivity contribution in [2.75, 3.05) is 18.1 Å². The van der Waals surface area contributed by atoms with Crippen molar-refractivity contribution in [1.82, 2.24) is 15.1 Å². The summed E-state index contributed by atoms with van der Waals surface area (Å²) in [6, 6.07) is 0. The van der Waals surface area contributed by atoms with Gasteiger partial charge in [0.05, 0.1) is 17.7 Å². The predicted molar refractivity (Wildman–Crippen MR) is 91.7 cm³/mol. The number of fused-ring (bicyclic) bond motifs is 1. The molecule has 3 rings (SSSR count). The number of hydrogen-bond acceptors (Lipinski definition) is 11. The van der Waals surface area contributed by atoms with E-state index in [0.29, 0.717) is 11.5 Å². The number of esters is 2. The van der Waals surface area contributed by atoms with Crippen LogP contribution in [0.1, 0.15) is 44.9 Å². The summed E-state index contributed by atoms with van der Waals surface area (Å²) >= 11 is 0. The van der Waals surface area contributed by atoms with E-state index >= 15 is 0 Å². The summed E-state index contributed by atoms with van der Waals surface area (Å²) in [4.78, 5) is 32.4. The fourth-order valence-electron chi connectivity index (χ4n) is 2.53. The highest BCUT2D eigenvalue weighted by Crippen LogP contribution is 2.29. The first-order chi connectivity index (χ1) is 12.8. The van der Waals surface area contributed by atoms with E-state index in [9.17, 15) is 9.59 Å². The van der Waals surface area contributed by atoms with Crippen LogP contribution in [0, 0.1) is 13.8 Å². The molecule has 0 unspecified atom stereocenters. The molecule has 0 saturated carbocycles. The second-order valence-corrected chi connectivity index (χ2v) is 5.54. The topological polar surface area (TPSA) is 170 Å². The van der Waals surface area contributed by atoms with Gasteiger partial charge in [-0.1, -0.05) is 5.16 Å². The molecule has 142 valence electrons. The van der Waals surface area contributed by atoms with Gasteiger partial charge in [-0.25, -0.2) is 14.6 Å². The molecule has 0 aliphatic heterocycles. The van der Waals surface area contributed by atoms with Gasteiger partial charge in [0.25, 0.3) is 0 Å². The van der Waals surface area contributed by atoms with Crippen LogP contribution in [0.5, 0.6) is 0 Å².